The molecule has 2 aromatic rings. The van der Waals surface area contributed by atoms with Crippen LogP contribution in [0.5, 0.6) is 5.75 Å². The second-order valence-corrected chi connectivity index (χ2v) is 9.71. The molecule has 2 rings (SSSR count). The molecule has 164 valence electrons. The summed E-state index contributed by atoms with van der Waals surface area (Å²) in [6.07, 6.45) is 1.29. The molecule has 10 heteroatoms. The number of amides is 1. The maximum absolute atomic E-state index is 12.7. The summed E-state index contributed by atoms with van der Waals surface area (Å²) in [5.41, 5.74) is 5.91. The first kappa shape index (κ1) is 24.1. The van der Waals surface area contributed by atoms with Gasteiger partial charge in [-0.05, 0) is 38.0 Å². The van der Waals surface area contributed by atoms with Crippen LogP contribution >= 0.6 is 15.9 Å². The van der Waals surface area contributed by atoms with Gasteiger partial charge in [0.15, 0.2) is 21.3 Å². The van der Waals surface area contributed by atoms with Crippen molar-refractivity contribution in [1.29, 1.82) is 0 Å². The molecular weight excluding hydrogens is 472 g/mol. The standard InChI is InChI=1S/C20H27BrN4O4S/c1-4-9-29-16-8-7-15(21)11-14(16)13-25(6-3)18-12-17(30(27,28)10-5-2)19(20(22)26)24-23-18/h7-8,11-12H,4-6,9-10,13H2,1-3H3,(H2,22,26). The Morgan fingerprint density at radius 1 is 1.17 bits per heavy atom. The van der Waals surface area contributed by atoms with E-state index in [1.807, 2.05) is 36.9 Å². The van der Waals surface area contributed by atoms with Gasteiger partial charge in [-0.25, -0.2) is 8.42 Å². The van der Waals surface area contributed by atoms with Crippen LogP contribution in [0.1, 0.15) is 49.7 Å². The fourth-order valence-corrected chi connectivity index (χ4v) is 4.78. The van der Waals surface area contributed by atoms with Crippen molar-refractivity contribution in [3.05, 3.63) is 40.0 Å². The Labute approximate surface area is 185 Å². The number of nitrogens with two attached hydrogens (primary N) is 1. The van der Waals surface area contributed by atoms with E-state index in [1.165, 1.54) is 6.07 Å². The highest BCUT2D eigenvalue weighted by Crippen LogP contribution is 2.27. The predicted molar refractivity (Wildman–Crippen MR) is 120 cm³/mol. The highest BCUT2D eigenvalue weighted by Gasteiger charge is 2.25. The topological polar surface area (TPSA) is 115 Å². The molecular formula is C20H27BrN4O4S. The van der Waals surface area contributed by atoms with E-state index in [0.29, 0.717) is 31.9 Å². The van der Waals surface area contributed by atoms with E-state index in [0.717, 1.165) is 22.2 Å². The van der Waals surface area contributed by atoms with E-state index in [1.54, 1.807) is 6.92 Å². The van der Waals surface area contributed by atoms with E-state index in [-0.39, 0.29) is 16.3 Å². The van der Waals surface area contributed by atoms with Gasteiger partial charge in [-0.1, -0.05) is 29.8 Å². The number of ether oxygens (including phenoxy) is 1. The van der Waals surface area contributed by atoms with Gasteiger partial charge in [0, 0.05) is 29.2 Å². The van der Waals surface area contributed by atoms with Crippen LogP contribution in [0, 0.1) is 0 Å². The third-order valence-corrected chi connectivity index (χ3v) is 6.76. The summed E-state index contributed by atoms with van der Waals surface area (Å²) >= 11 is 3.48. The van der Waals surface area contributed by atoms with Gasteiger partial charge in [0.05, 0.1) is 12.4 Å². The van der Waals surface area contributed by atoms with Crippen LogP contribution in [0.15, 0.2) is 33.6 Å². The lowest BCUT2D eigenvalue weighted by Crippen LogP contribution is -2.26. The number of rotatable bonds is 11. The Kier molecular flexibility index (Phi) is 8.60. The molecule has 0 unspecified atom stereocenters. The highest BCUT2D eigenvalue weighted by molar-refractivity contribution is 9.10. The molecule has 0 bridgehead atoms. The van der Waals surface area contributed by atoms with Gasteiger partial charge >= 0.3 is 0 Å². The predicted octanol–water partition coefficient (Wildman–Crippen LogP) is 3.34. The summed E-state index contributed by atoms with van der Waals surface area (Å²) in [5.74, 6) is 0.0669. The molecule has 8 nitrogen and oxygen atoms in total. The van der Waals surface area contributed by atoms with Crippen molar-refractivity contribution in [1.82, 2.24) is 10.2 Å². The van der Waals surface area contributed by atoms with Gasteiger partial charge in [-0.2, -0.15) is 0 Å². The van der Waals surface area contributed by atoms with Crippen molar-refractivity contribution < 1.29 is 17.9 Å². The summed E-state index contributed by atoms with van der Waals surface area (Å²) in [7, 11) is -3.71. The Bertz CT molecular complexity index is 998. The zero-order chi connectivity index (χ0) is 22.3. The molecule has 0 atom stereocenters. The molecule has 1 aromatic carbocycles. The first-order valence-corrected chi connectivity index (χ1v) is 12.2. The number of carbonyl (C=O) groups excluding carboxylic acids is 1. The van der Waals surface area contributed by atoms with Crippen molar-refractivity contribution in [2.45, 2.75) is 45.1 Å². The zero-order valence-electron chi connectivity index (χ0n) is 17.4. The van der Waals surface area contributed by atoms with Gasteiger partial charge in [-0.15, -0.1) is 10.2 Å². The highest BCUT2D eigenvalue weighted by atomic mass is 79.9. The lowest BCUT2D eigenvalue weighted by Gasteiger charge is -2.24. The second kappa shape index (κ2) is 10.7. The minimum Gasteiger partial charge on any atom is -0.493 e. The number of benzene rings is 1. The summed E-state index contributed by atoms with van der Waals surface area (Å²) in [5, 5.41) is 7.91. The largest absolute Gasteiger partial charge is 0.493 e. The summed E-state index contributed by atoms with van der Waals surface area (Å²) < 4.78 is 32.1. The Morgan fingerprint density at radius 3 is 2.50 bits per heavy atom. The van der Waals surface area contributed by atoms with Crippen molar-refractivity contribution >= 4 is 37.5 Å². The van der Waals surface area contributed by atoms with Crippen LogP contribution in [-0.4, -0.2) is 43.4 Å². The van der Waals surface area contributed by atoms with E-state index in [4.69, 9.17) is 10.5 Å². The zero-order valence-corrected chi connectivity index (χ0v) is 19.8. The minimum atomic E-state index is -3.71. The maximum Gasteiger partial charge on any atom is 0.270 e. The fourth-order valence-electron chi connectivity index (χ4n) is 2.89. The smallest absolute Gasteiger partial charge is 0.270 e. The van der Waals surface area contributed by atoms with Crippen LogP contribution in [-0.2, 0) is 16.4 Å². The van der Waals surface area contributed by atoms with Crippen molar-refractivity contribution in [3.63, 3.8) is 0 Å². The molecule has 1 aromatic heterocycles. The van der Waals surface area contributed by atoms with Gasteiger partial charge in [0.25, 0.3) is 5.91 Å². The third kappa shape index (κ3) is 5.91. The van der Waals surface area contributed by atoms with Crippen LogP contribution in [0.3, 0.4) is 0 Å². The van der Waals surface area contributed by atoms with Crippen molar-refractivity contribution in [2.75, 3.05) is 23.8 Å². The number of aromatic nitrogens is 2. The van der Waals surface area contributed by atoms with Crippen LogP contribution in [0.25, 0.3) is 0 Å². The molecule has 30 heavy (non-hydrogen) atoms. The quantitative estimate of drug-likeness (QED) is 0.504. The first-order valence-electron chi connectivity index (χ1n) is 9.79. The minimum absolute atomic E-state index is 0.106. The Morgan fingerprint density at radius 2 is 1.90 bits per heavy atom. The molecule has 0 fully saturated rings. The lowest BCUT2D eigenvalue weighted by molar-refractivity contribution is 0.0991. The lowest BCUT2D eigenvalue weighted by atomic mass is 10.2. The first-order chi connectivity index (χ1) is 14.2. The molecule has 0 saturated carbocycles. The Balaban J connectivity index is 2.47. The molecule has 0 radical (unpaired) electrons. The van der Waals surface area contributed by atoms with Gasteiger partial charge in [0.2, 0.25) is 0 Å². The summed E-state index contributed by atoms with van der Waals surface area (Å²) in [6, 6.07) is 7.13. The number of nitrogens with zero attached hydrogens (tertiary/aromatic N) is 3. The maximum atomic E-state index is 12.7. The normalized spacial score (nSPS) is 11.3. The Hall–Kier alpha value is -2.20. The molecule has 0 aliphatic rings. The number of primary amides is 1. The fraction of sp³-hybridized carbons (Fsp3) is 0.450. The van der Waals surface area contributed by atoms with Crippen LogP contribution in [0.2, 0.25) is 0 Å². The average molecular weight is 499 g/mol. The molecule has 0 aliphatic carbocycles. The summed E-state index contributed by atoms with van der Waals surface area (Å²) in [4.78, 5) is 13.4. The number of sulfone groups is 1. The summed E-state index contributed by atoms with van der Waals surface area (Å²) in [6.45, 7) is 7.26. The molecule has 2 N–H and O–H groups in total. The average Bonchev–Trinajstić information content (AvgIpc) is 2.70. The van der Waals surface area contributed by atoms with E-state index < -0.39 is 15.7 Å². The van der Waals surface area contributed by atoms with Crippen molar-refractivity contribution in [2.24, 2.45) is 5.73 Å². The number of carbonyl (C=O) groups is 1. The van der Waals surface area contributed by atoms with Crippen LogP contribution < -0.4 is 15.4 Å². The SMILES string of the molecule is CCCOc1ccc(Br)cc1CN(CC)c1cc(S(=O)(=O)CCC)c(C(N)=O)nn1. The third-order valence-electron chi connectivity index (χ3n) is 4.34. The molecule has 0 aliphatic heterocycles. The number of halogens is 1. The molecule has 1 heterocycles. The van der Waals surface area contributed by atoms with Gasteiger partial charge in [0.1, 0.15) is 10.6 Å². The number of hydrogen-bond acceptors (Lipinski definition) is 7. The monoisotopic (exact) mass is 498 g/mol. The van der Waals surface area contributed by atoms with Gasteiger partial charge in [-0.3, -0.25) is 4.79 Å². The second-order valence-electron chi connectivity index (χ2n) is 6.71. The molecule has 0 saturated heterocycles. The van der Waals surface area contributed by atoms with E-state index >= 15 is 0 Å². The van der Waals surface area contributed by atoms with E-state index in [2.05, 4.69) is 26.1 Å². The number of hydrogen-bond donors (Lipinski definition) is 1. The number of anilines is 1. The van der Waals surface area contributed by atoms with Crippen LogP contribution in [0.4, 0.5) is 5.82 Å². The van der Waals surface area contributed by atoms with Crippen molar-refractivity contribution in [3.8, 4) is 5.75 Å². The van der Waals surface area contributed by atoms with E-state index in [9.17, 15) is 13.2 Å². The van der Waals surface area contributed by atoms with Gasteiger partial charge < -0.3 is 15.4 Å². The molecule has 0 spiro atoms. The molecule has 1 amide bonds.